The fraction of sp³-hybridized carbons (Fsp3) is 0.526. The van der Waals surface area contributed by atoms with Crippen LogP contribution in [0.5, 0.6) is 0 Å². The number of para-hydroxylation sites is 1. The average Bonchev–Trinajstić information content (AvgIpc) is 2.80. The van der Waals surface area contributed by atoms with Crippen molar-refractivity contribution in [2.24, 2.45) is 5.92 Å². The highest BCUT2D eigenvalue weighted by atomic mass is 19.3. The van der Waals surface area contributed by atoms with E-state index in [-0.39, 0.29) is 6.54 Å². The highest BCUT2D eigenvalue weighted by Crippen LogP contribution is 2.29. The van der Waals surface area contributed by atoms with E-state index in [0.29, 0.717) is 24.6 Å². The summed E-state index contributed by atoms with van der Waals surface area (Å²) < 4.78 is 28.4. The van der Waals surface area contributed by atoms with Gasteiger partial charge >= 0.3 is 5.97 Å². The first-order valence-electron chi connectivity index (χ1n) is 8.67. The molecule has 1 aliphatic heterocycles. The lowest BCUT2D eigenvalue weighted by Crippen LogP contribution is -2.41. The number of halogens is 2. The number of rotatable bonds is 5. The molecule has 136 valence electrons. The van der Waals surface area contributed by atoms with Gasteiger partial charge in [0.25, 0.3) is 5.92 Å². The van der Waals surface area contributed by atoms with Crippen molar-refractivity contribution >= 4 is 16.9 Å². The molecule has 0 radical (unpaired) electrons. The van der Waals surface area contributed by atoms with Gasteiger partial charge in [0, 0.05) is 30.1 Å². The number of aromatic carboxylic acids is 1. The van der Waals surface area contributed by atoms with Gasteiger partial charge in [0.05, 0.1) is 12.1 Å². The Kier molecular flexibility index (Phi) is 4.82. The molecule has 0 aliphatic carbocycles. The molecule has 3 rings (SSSR count). The van der Waals surface area contributed by atoms with Crippen molar-refractivity contribution in [2.45, 2.75) is 39.2 Å². The molecule has 4 nitrogen and oxygen atoms in total. The predicted molar refractivity (Wildman–Crippen MR) is 93.4 cm³/mol. The molecule has 0 amide bonds. The van der Waals surface area contributed by atoms with Gasteiger partial charge < -0.3 is 9.67 Å². The highest BCUT2D eigenvalue weighted by molar-refractivity contribution is 6.05. The fourth-order valence-electron chi connectivity index (χ4n) is 3.91. The second-order valence-electron chi connectivity index (χ2n) is 7.18. The molecule has 1 fully saturated rings. The lowest BCUT2D eigenvalue weighted by atomic mass is 9.96. The van der Waals surface area contributed by atoms with Crippen molar-refractivity contribution in [3.8, 4) is 0 Å². The Morgan fingerprint density at radius 1 is 1.28 bits per heavy atom. The van der Waals surface area contributed by atoms with E-state index in [4.69, 9.17) is 0 Å². The number of fused-ring (bicyclic) bond motifs is 1. The van der Waals surface area contributed by atoms with Gasteiger partial charge in [0.15, 0.2) is 0 Å². The van der Waals surface area contributed by atoms with E-state index in [0.717, 1.165) is 42.9 Å². The first-order valence-corrected chi connectivity index (χ1v) is 8.67. The van der Waals surface area contributed by atoms with Crippen LogP contribution >= 0.6 is 0 Å². The zero-order valence-corrected chi connectivity index (χ0v) is 14.6. The molecule has 1 aromatic heterocycles. The van der Waals surface area contributed by atoms with Gasteiger partial charge in [-0.1, -0.05) is 18.2 Å². The molecule has 1 aliphatic rings. The van der Waals surface area contributed by atoms with Crippen molar-refractivity contribution in [2.75, 3.05) is 19.6 Å². The normalized spacial score (nSPS) is 17.3. The van der Waals surface area contributed by atoms with Gasteiger partial charge in [-0.2, -0.15) is 0 Å². The van der Waals surface area contributed by atoms with Gasteiger partial charge in [-0.3, -0.25) is 4.90 Å². The molecular formula is C19H24F2N2O2. The molecule has 1 N–H and O–H groups in total. The largest absolute Gasteiger partial charge is 0.478 e. The third-order valence-corrected chi connectivity index (χ3v) is 5.09. The number of piperidine rings is 1. The van der Waals surface area contributed by atoms with Crippen LogP contribution in [-0.2, 0) is 6.54 Å². The molecule has 25 heavy (non-hydrogen) atoms. The Morgan fingerprint density at radius 2 is 1.92 bits per heavy atom. The van der Waals surface area contributed by atoms with Crippen molar-refractivity contribution in [1.82, 2.24) is 9.47 Å². The van der Waals surface area contributed by atoms with Crippen LogP contribution in [0, 0.1) is 12.8 Å². The van der Waals surface area contributed by atoms with Gasteiger partial charge in [0.1, 0.15) is 0 Å². The number of nitrogens with zero attached hydrogens (tertiary/aromatic N) is 2. The molecule has 1 aromatic carbocycles. The van der Waals surface area contributed by atoms with Crippen LogP contribution < -0.4 is 0 Å². The SMILES string of the molecule is Cc1c(C(=O)O)c2ccccc2n1CC1CCN(CC(C)(F)F)CC1. The minimum atomic E-state index is -2.66. The number of likely N-dealkylation sites (tertiary alicyclic amines) is 1. The summed E-state index contributed by atoms with van der Waals surface area (Å²) in [6.07, 6.45) is 1.70. The zero-order valence-electron chi connectivity index (χ0n) is 14.6. The maximum Gasteiger partial charge on any atom is 0.338 e. The summed E-state index contributed by atoms with van der Waals surface area (Å²) in [7, 11) is 0. The highest BCUT2D eigenvalue weighted by Gasteiger charge is 2.29. The van der Waals surface area contributed by atoms with Crippen molar-refractivity contribution in [1.29, 1.82) is 0 Å². The summed E-state index contributed by atoms with van der Waals surface area (Å²) in [5.74, 6) is -3.19. The molecule has 2 aromatic rings. The Morgan fingerprint density at radius 3 is 2.52 bits per heavy atom. The Hall–Kier alpha value is -1.95. The Balaban J connectivity index is 1.76. The third-order valence-electron chi connectivity index (χ3n) is 5.09. The van der Waals surface area contributed by atoms with Gasteiger partial charge in [0.2, 0.25) is 0 Å². The second kappa shape index (κ2) is 6.75. The first-order chi connectivity index (χ1) is 11.8. The summed E-state index contributed by atoms with van der Waals surface area (Å²) >= 11 is 0. The summed E-state index contributed by atoms with van der Waals surface area (Å²) in [4.78, 5) is 13.4. The summed E-state index contributed by atoms with van der Waals surface area (Å²) in [6.45, 7) is 4.68. The van der Waals surface area contributed by atoms with Crippen LogP contribution in [0.25, 0.3) is 10.9 Å². The molecule has 0 spiro atoms. The standard InChI is InChI=1S/C19H24F2N2O2/c1-13-17(18(24)25)15-5-3-4-6-16(15)23(13)11-14-7-9-22(10-8-14)12-19(2,20)21/h3-6,14H,7-12H2,1-2H3,(H,24,25). The van der Waals surface area contributed by atoms with E-state index in [9.17, 15) is 18.7 Å². The van der Waals surface area contributed by atoms with E-state index < -0.39 is 11.9 Å². The van der Waals surface area contributed by atoms with E-state index in [1.54, 1.807) is 0 Å². The Bertz CT molecular complexity index is 772. The average molecular weight is 350 g/mol. The Labute approximate surface area is 146 Å². The van der Waals surface area contributed by atoms with E-state index in [2.05, 4.69) is 4.57 Å². The number of carbonyl (C=O) groups is 1. The number of aromatic nitrogens is 1. The third kappa shape index (κ3) is 3.84. The second-order valence-corrected chi connectivity index (χ2v) is 7.18. The molecule has 2 heterocycles. The van der Waals surface area contributed by atoms with Gasteiger partial charge in [-0.05, 0) is 44.8 Å². The molecule has 0 saturated carbocycles. The molecule has 1 saturated heterocycles. The summed E-state index contributed by atoms with van der Waals surface area (Å²) in [6, 6.07) is 7.55. The fourth-order valence-corrected chi connectivity index (χ4v) is 3.91. The van der Waals surface area contributed by atoms with Gasteiger partial charge in [-0.15, -0.1) is 0 Å². The zero-order chi connectivity index (χ0) is 18.2. The van der Waals surface area contributed by atoms with Crippen LogP contribution in [0.1, 0.15) is 35.8 Å². The predicted octanol–water partition coefficient (Wildman–Crippen LogP) is 4.02. The van der Waals surface area contributed by atoms with Crippen molar-refractivity contribution < 1.29 is 18.7 Å². The first kappa shape index (κ1) is 17.9. The lowest BCUT2D eigenvalue weighted by molar-refractivity contribution is -0.0228. The minimum Gasteiger partial charge on any atom is -0.478 e. The molecule has 0 atom stereocenters. The van der Waals surface area contributed by atoms with Crippen molar-refractivity contribution in [3.05, 3.63) is 35.5 Å². The smallest absolute Gasteiger partial charge is 0.338 e. The van der Waals surface area contributed by atoms with Gasteiger partial charge in [-0.25, -0.2) is 13.6 Å². The van der Waals surface area contributed by atoms with Crippen LogP contribution in [0.2, 0.25) is 0 Å². The van der Waals surface area contributed by atoms with Crippen LogP contribution in [-0.4, -0.2) is 46.1 Å². The van der Waals surface area contributed by atoms with Crippen LogP contribution in [0.3, 0.4) is 0 Å². The molecule has 6 heteroatoms. The molecule has 0 bridgehead atoms. The van der Waals surface area contributed by atoms with E-state index in [1.807, 2.05) is 36.1 Å². The van der Waals surface area contributed by atoms with Crippen molar-refractivity contribution in [3.63, 3.8) is 0 Å². The number of hydrogen-bond acceptors (Lipinski definition) is 2. The van der Waals surface area contributed by atoms with Crippen LogP contribution in [0.15, 0.2) is 24.3 Å². The number of benzene rings is 1. The molecular weight excluding hydrogens is 326 g/mol. The maximum atomic E-state index is 13.2. The number of carboxylic acids is 1. The topological polar surface area (TPSA) is 45.5 Å². The maximum absolute atomic E-state index is 13.2. The quantitative estimate of drug-likeness (QED) is 0.886. The molecule has 0 unspecified atom stereocenters. The number of alkyl halides is 2. The van der Waals surface area contributed by atoms with E-state index >= 15 is 0 Å². The summed E-state index contributed by atoms with van der Waals surface area (Å²) in [5.41, 5.74) is 2.05. The summed E-state index contributed by atoms with van der Waals surface area (Å²) in [5, 5.41) is 10.3. The monoisotopic (exact) mass is 350 g/mol. The van der Waals surface area contributed by atoms with Crippen LogP contribution in [0.4, 0.5) is 8.78 Å². The number of carboxylic acid groups (broad SMARTS) is 1. The lowest BCUT2D eigenvalue weighted by Gasteiger charge is -2.33. The number of hydrogen-bond donors (Lipinski definition) is 1. The van der Waals surface area contributed by atoms with E-state index in [1.165, 1.54) is 0 Å². The minimum absolute atomic E-state index is 0.186.